The first-order chi connectivity index (χ1) is 7.18. The van der Waals surface area contributed by atoms with Crippen LogP contribution in [-0.2, 0) is 0 Å². The summed E-state index contributed by atoms with van der Waals surface area (Å²) in [6, 6.07) is 9.68. The van der Waals surface area contributed by atoms with Gasteiger partial charge in [0.05, 0.1) is 17.0 Å². The Labute approximate surface area is 94.1 Å². The van der Waals surface area contributed by atoms with Crippen LogP contribution in [0.2, 0.25) is 5.02 Å². The Morgan fingerprint density at radius 2 is 2.00 bits per heavy atom. The molecule has 0 radical (unpaired) electrons. The van der Waals surface area contributed by atoms with E-state index in [9.17, 15) is 0 Å². The topological polar surface area (TPSA) is 16.4 Å². The van der Waals surface area contributed by atoms with Gasteiger partial charge in [0.15, 0.2) is 0 Å². The normalized spacial score (nSPS) is 10.3. The Hall–Kier alpha value is -1.41. The van der Waals surface area contributed by atoms with Crippen LogP contribution >= 0.6 is 11.6 Å². The van der Waals surface area contributed by atoms with E-state index in [1.807, 2.05) is 49.3 Å². The third-order valence-electron chi connectivity index (χ3n) is 2.24. The molecule has 2 nitrogen and oxygen atoms in total. The fourth-order valence-corrected chi connectivity index (χ4v) is 1.82. The van der Waals surface area contributed by atoms with E-state index in [0.717, 1.165) is 22.0 Å². The van der Waals surface area contributed by atoms with Crippen LogP contribution in [0.25, 0.3) is 11.3 Å². The Bertz CT molecular complexity index is 449. The van der Waals surface area contributed by atoms with Crippen LogP contribution in [0, 0.1) is 0 Å². The molecule has 0 fully saturated rings. The van der Waals surface area contributed by atoms with Gasteiger partial charge in [0, 0.05) is 19.7 Å². The van der Waals surface area contributed by atoms with E-state index in [1.165, 1.54) is 0 Å². The second kappa shape index (κ2) is 3.99. The zero-order valence-electron chi connectivity index (χ0n) is 8.70. The minimum atomic E-state index is 0.730. The summed E-state index contributed by atoms with van der Waals surface area (Å²) < 4.78 is 5.30. The standard InChI is InChI=1S/C12H12ClNO/c1-14(2)11-6-5-9(8-10(11)13)12-4-3-7-15-12/h3-8H,1-2H3. The largest absolute Gasteiger partial charge is 0.464 e. The average Bonchev–Trinajstić information content (AvgIpc) is 2.69. The van der Waals surface area contributed by atoms with Gasteiger partial charge < -0.3 is 9.32 Å². The molecule has 0 aliphatic heterocycles. The Balaban J connectivity index is 2.42. The van der Waals surface area contributed by atoms with Crippen molar-refractivity contribution in [2.24, 2.45) is 0 Å². The molecule has 1 heterocycles. The van der Waals surface area contributed by atoms with Gasteiger partial charge in [0.25, 0.3) is 0 Å². The smallest absolute Gasteiger partial charge is 0.133 e. The second-order valence-corrected chi connectivity index (χ2v) is 3.95. The molecule has 0 N–H and O–H groups in total. The summed E-state index contributed by atoms with van der Waals surface area (Å²) in [7, 11) is 3.93. The zero-order chi connectivity index (χ0) is 10.8. The van der Waals surface area contributed by atoms with E-state index in [1.54, 1.807) is 6.26 Å². The van der Waals surface area contributed by atoms with Crippen molar-refractivity contribution in [1.82, 2.24) is 0 Å². The molecular weight excluding hydrogens is 210 g/mol. The van der Waals surface area contributed by atoms with E-state index in [2.05, 4.69) is 0 Å². The molecule has 0 unspecified atom stereocenters. The lowest BCUT2D eigenvalue weighted by atomic mass is 10.1. The lowest BCUT2D eigenvalue weighted by Crippen LogP contribution is -2.08. The van der Waals surface area contributed by atoms with Gasteiger partial charge in [-0.1, -0.05) is 11.6 Å². The predicted molar refractivity (Wildman–Crippen MR) is 63.5 cm³/mol. The van der Waals surface area contributed by atoms with Crippen LogP contribution in [0.5, 0.6) is 0 Å². The van der Waals surface area contributed by atoms with Gasteiger partial charge >= 0.3 is 0 Å². The molecule has 3 heteroatoms. The molecular formula is C12H12ClNO. The summed E-state index contributed by atoms with van der Waals surface area (Å²) in [5.74, 6) is 0.835. The quantitative estimate of drug-likeness (QED) is 0.770. The first-order valence-corrected chi connectivity index (χ1v) is 5.07. The van der Waals surface area contributed by atoms with Gasteiger partial charge in [-0.2, -0.15) is 0 Å². The van der Waals surface area contributed by atoms with Crippen LogP contribution in [-0.4, -0.2) is 14.1 Å². The Kier molecular flexibility index (Phi) is 2.69. The van der Waals surface area contributed by atoms with Crippen LogP contribution in [0.1, 0.15) is 0 Å². The molecule has 2 rings (SSSR count). The SMILES string of the molecule is CN(C)c1ccc(-c2ccco2)cc1Cl. The highest BCUT2D eigenvalue weighted by atomic mass is 35.5. The summed E-state index contributed by atoms with van der Waals surface area (Å²) in [6.45, 7) is 0. The van der Waals surface area contributed by atoms with Gasteiger partial charge in [-0.3, -0.25) is 0 Å². The maximum atomic E-state index is 6.16. The minimum absolute atomic E-state index is 0.730. The maximum absolute atomic E-state index is 6.16. The third-order valence-corrected chi connectivity index (χ3v) is 2.54. The number of halogens is 1. The molecule has 0 atom stereocenters. The molecule has 0 aliphatic rings. The van der Waals surface area contributed by atoms with Crippen molar-refractivity contribution in [3.05, 3.63) is 41.6 Å². The Morgan fingerprint density at radius 3 is 2.53 bits per heavy atom. The van der Waals surface area contributed by atoms with Crippen molar-refractivity contribution in [1.29, 1.82) is 0 Å². The van der Waals surface area contributed by atoms with Crippen molar-refractivity contribution in [2.75, 3.05) is 19.0 Å². The van der Waals surface area contributed by atoms with Crippen molar-refractivity contribution in [3.8, 4) is 11.3 Å². The van der Waals surface area contributed by atoms with Gasteiger partial charge in [-0.05, 0) is 30.3 Å². The van der Waals surface area contributed by atoms with Crippen LogP contribution in [0.3, 0.4) is 0 Å². The number of nitrogens with zero attached hydrogens (tertiary/aromatic N) is 1. The number of hydrogen-bond acceptors (Lipinski definition) is 2. The monoisotopic (exact) mass is 221 g/mol. The number of hydrogen-bond donors (Lipinski definition) is 0. The summed E-state index contributed by atoms with van der Waals surface area (Å²) in [6.07, 6.45) is 1.66. The highest BCUT2D eigenvalue weighted by Gasteiger charge is 2.06. The van der Waals surface area contributed by atoms with Gasteiger partial charge in [-0.25, -0.2) is 0 Å². The summed E-state index contributed by atoms with van der Waals surface area (Å²) >= 11 is 6.16. The van der Waals surface area contributed by atoms with Gasteiger partial charge in [0.2, 0.25) is 0 Å². The van der Waals surface area contributed by atoms with E-state index < -0.39 is 0 Å². The van der Waals surface area contributed by atoms with E-state index in [4.69, 9.17) is 16.0 Å². The molecule has 78 valence electrons. The molecule has 1 aromatic heterocycles. The second-order valence-electron chi connectivity index (χ2n) is 3.54. The molecule has 0 saturated heterocycles. The van der Waals surface area contributed by atoms with E-state index in [-0.39, 0.29) is 0 Å². The molecule has 15 heavy (non-hydrogen) atoms. The molecule has 0 aliphatic carbocycles. The van der Waals surface area contributed by atoms with E-state index >= 15 is 0 Å². The molecule has 0 spiro atoms. The average molecular weight is 222 g/mol. The summed E-state index contributed by atoms with van der Waals surface area (Å²) in [5.41, 5.74) is 2.00. The Morgan fingerprint density at radius 1 is 1.20 bits per heavy atom. The van der Waals surface area contributed by atoms with Crippen molar-refractivity contribution >= 4 is 17.3 Å². The fraction of sp³-hybridized carbons (Fsp3) is 0.167. The van der Waals surface area contributed by atoms with Crippen molar-refractivity contribution in [3.63, 3.8) is 0 Å². The molecule has 0 amide bonds. The first kappa shape index (κ1) is 10.1. The fourth-order valence-electron chi connectivity index (χ4n) is 1.47. The molecule has 0 saturated carbocycles. The predicted octanol–water partition coefficient (Wildman–Crippen LogP) is 3.67. The number of furan rings is 1. The van der Waals surface area contributed by atoms with Crippen molar-refractivity contribution < 1.29 is 4.42 Å². The molecule has 1 aromatic carbocycles. The number of rotatable bonds is 2. The highest BCUT2D eigenvalue weighted by molar-refractivity contribution is 6.33. The van der Waals surface area contributed by atoms with Crippen LogP contribution in [0.15, 0.2) is 41.0 Å². The third kappa shape index (κ3) is 2.00. The summed E-state index contributed by atoms with van der Waals surface area (Å²) in [5, 5.41) is 0.730. The zero-order valence-corrected chi connectivity index (χ0v) is 9.45. The number of anilines is 1. The lowest BCUT2D eigenvalue weighted by Gasteiger charge is -2.14. The van der Waals surface area contributed by atoms with E-state index in [0.29, 0.717) is 0 Å². The van der Waals surface area contributed by atoms with Crippen LogP contribution < -0.4 is 4.90 Å². The number of benzene rings is 1. The van der Waals surface area contributed by atoms with Gasteiger partial charge in [-0.15, -0.1) is 0 Å². The molecule has 2 aromatic rings. The first-order valence-electron chi connectivity index (χ1n) is 4.69. The maximum Gasteiger partial charge on any atom is 0.133 e. The minimum Gasteiger partial charge on any atom is -0.464 e. The van der Waals surface area contributed by atoms with Crippen molar-refractivity contribution in [2.45, 2.75) is 0 Å². The van der Waals surface area contributed by atoms with Crippen LogP contribution in [0.4, 0.5) is 5.69 Å². The molecule has 0 bridgehead atoms. The summed E-state index contributed by atoms with van der Waals surface area (Å²) in [4.78, 5) is 1.98. The van der Waals surface area contributed by atoms with Gasteiger partial charge in [0.1, 0.15) is 5.76 Å². The lowest BCUT2D eigenvalue weighted by molar-refractivity contribution is 0.582. The highest BCUT2D eigenvalue weighted by Crippen LogP contribution is 2.30.